The van der Waals surface area contributed by atoms with E-state index in [1.165, 1.54) is 18.2 Å². The quantitative estimate of drug-likeness (QED) is 0.697. The van der Waals surface area contributed by atoms with Gasteiger partial charge in [0.1, 0.15) is 5.82 Å². The van der Waals surface area contributed by atoms with Gasteiger partial charge in [-0.3, -0.25) is 4.79 Å². The van der Waals surface area contributed by atoms with Gasteiger partial charge in [-0.15, -0.1) is 0 Å². The maximum absolute atomic E-state index is 13.6. The molecule has 0 fully saturated rings. The van der Waals surface area contributed by atoms with Crippen molar-refractivity contribution in [2.24, 2.45) is 0 Å². The number of carbonyl (C=O) groups is 2. The van der Waals surface area contributed by atoms with Gasteiger partial charge in [0.25, 0.3) is 5.91 Å². The molecule has 0 aliphatic rings. The predicted octanol–water partition coefficient (Wildman–Crippen LogP) is 3.16. The lowest BCUT2D eigenvalue weighted by Gasteiger charge is -2.18. The molecular formula is C20H24FN3O3. The van der Waals surface area contributed by atoms with E-state index >= 15 is 0 Å². The van der Waals surface area contributed by atoms with Crippen LogP contribution in [0.1, 0.15) is 35.9 Å². The van der Waals surface area contributed by atoms with E-state index in [-0.39, 0.29) is 18.0 Å². The van der Waals surface area contributed by atoms with Crippen molar-refractivity contribution < 1.29 is 19.1 Å². The van der Waals surface area contributed by atoms with E-state index in [4.69, 9.17) is 0 Å². The Morgan fingerprint density at radius 1 is 1.07 bits per heavy atom. The number of anilines is 1. The summed E-state index contributed by atoms with van der Waals surface area (Å²) in [7, 11) is 0. The first-order valence-corrected chi connectivity index (χ1v) is 8.82. The minimum absolute atomic E-state index is 0.0657. The van der Waals surface area contributed by atoms with Crippen LogP contribution in [0.4, 0.5) is 14.9 Å². The van der Waals surface area contributed by atoms with E-state index in [2.05, 4.69) is 10.6 Å². The largest absolute Gasteiger partial charge is 0.386 e. The van der Waals surface area contributed by atoms with Crippen LogP contribution in [-0.2, 0) is 0 Å². The first-order valence-electron chi connectivity index (χ1n) is 8.82. The molecule has 1 atom stereocenters. The second-order valence-electron chi connectivity index (χ2n) is 5.93. The highest BCUT2D eigenvalue weighted by atomic mass is 19.1. The summed E-state index contributed by atoms with van der Waals surface area (Å²) < 4.78 is 13.6. The fourth-order valence-electron chi connectivity index (χ4n) is 2.61. The minimum Gasteiger partial charge on any atom is -0.386 e. The van der Waals surface area contributed by atoms with Crippen molar-refractivity contribution in [2.45, 2.75) is 20.0 Å². The van der Waals surface area contributed by atoms with Crippen molar-refractivity contribution >= 4 is 17.6 Å². The number of hydrogen-bond donors (Lipinski definition) is 3. The second kappa shape index (κ2) is 9.68. The molecule has 0 saturated heterocycles. The Kier molecular flexibility index (Phi) is 7.31. The first-order chi connectivity index (χ1) is 13.0. The first kappa shape index (κ1) is 20.4. The molecule has 2 rings (SSSR count). The second-order valence-corrected chi connectivity index (χ2v) is 5.93. The molecule has 3 N–H and O–H groups in total. The average molecular weight is 373 g/mol. The summed E-state index contributed by atoms with van der Waals surface area (Å²) in [4.78, 5) is 25.9. The Hall–Kier alpha value is -2.93. The highest BCUT2D eigenvalue weighted by Crippen LogP contribution is 2.16. The lowest BCUT2D eigenvalue weighted by atomic mass is 10.1. The van der Waals surface area contributed by atoms with Crippen LogP contribution >= 0.6 is 0 Å². The maximum atomic E-state index is 13.6. The molecule has 144 valence electrons. The summed E-state index contributed by atoms with van der Waals surface area (Å²) in [5.41, 5.74) is 1.17. The number of nitrogens with one attached hydrogen (secondary N) is 2. The van der Waals surface area contributed by atoms with E-state index in [9.17, 15) is 19.1 Å². The number of carbonyl (C=O) groups excluding carboxylic acids is 2. The summed E-state index contributed by atoms with van der Waals surface area (Å²) in [5, 5.41) is 15.1. The van der Waals surface area contributed by atoms with Gasteiger partial charge >= 0.3 is 6.03 Å². The van der Waals surface area contributed by atoms with Gasteiger partial charge in [-0.25, -0.2) is 9.18 Å². The van der Waals surface area contributed by atoms with Crippen LogP contribution < -0.4 is 10.6 Å². The van der Waals surface area contributed by atoms with Crippen LogP contribution in [0, 0.1) is 5.82 Å². The Labute approximate surface area is 158 Å². The number of aliphatic hydroxyl groups excluding tert-OH is 1. The van der Waals surface area contributed by atoms with Crippen molar-refractivity contribution in [3.63, 3.8) is 0 Å². The van der Waals surface area contributed by atoms with Gasteiger partial charge in [-0.05, 0) is 44.2 Å². The Balaban J connectivity index is 1.89. The number of aliphatic hydroxyl groups is 1. The average Bonchev–Trinajstić information content (AvgIpc) is 2.68. The van der Waals surface area contributed by atoms with Crippen molar-refractivity contribution in [1.82, 2.24) is 10.2 Å². The molecule has 2 aromatic rings. The highest BCUT2D eigenvalue weighted by molar-refractivity contribution is 5.95. The van der Waals surface area contributed by atoms with Crippen molar-refractivity contribution in [3.05, 3.63) is 65.5 Å². The fraction of sp³-hybridized carbons (Fsp3) is 0.300. The normalized spacial score (nSPS) is 11.6. The topological polar surface area (TPSA) is 81.7 Å². The molecule has 0 aromatic heterocycles. The van der Waals surface area contributed by atoms with Crippen LogP contribution in [-0.4, -0.2) is 41.6 Å². The molecule has 2 aromatic carbocycles. The van der Waals surface area contributed by atoms with Crippen LogP contribution in [0.15, 0.2) is 48.5 Å². The molecular weight excluding hydrogens is 349 g/mol. The minimum atomic E-state index is -1.15. The zero-order valence-corrected chi connectivity index (χ0v) is 15.4. The van der Waals surface area contributed by atoms with Gasteiger partial charge in [-0.2, -0.15) is 0 Å². The summed E-state index contributed by atoms with van der Waals surface area (Å²) >= 11 is 0. The molecule has 0 radical (unpaired) electrons. The van der Waals surface area contributed by atoms with Crippen molar-refractivity contribution in [2.75, 3.05) is 25.0 Å². The third-order valence-corrected chi connectivity index (χ3v) is 4.16. The van der Waals surface area contributed by atoms with Gasteiger partial charge < -0.3 is 20.6 Å². The predicted molar refractivity (Wildman–Crippen MR) is 102 cm³/mol. The van der Waals surface area contributed by atoms with Gasteiger partial charge in [0, 0.05) is 36.4 Å². The number of amides is 3. The van der Waals surface area contributed by atoms with Gasteiger partial charge in [0.05, 0.1) is 6.10 Å². The molecule has 1 unspecified atom stereocenters. The molecule has 0 bridgehead atoms. The van der Waals surface area contributed by atoms with Gasteiger partial charge in [0.2, 0.25) is 0 Å². The van der Waals surface area contributed by atoms with Crippen LogP contribution in [0.5, 0.6) is 0 Å². The Morgan fingerprint density at radius 3 is 2.30 bits per heavy atom. The van der Waals surface area contributed by atoms with E-state index in [0.29, 0.717) is 24.3 Å². The molecule has 7 heteroatoms. The Morgan fingerprint density at radius 2 is 1.70 bits per heavy atom. The molecule has 0 spiro atoms. The van der Waals surface area contributed by atoms with Crippen LogP contribution in [0.3, 0.4) is 0 Å². The standard InChI is InChI=1S/C20H24FN3O3/c1-3-24(4-2)19(26)14-9-11-15(12-10-14)23-20(27)22-13-18(25)16-7-5-6-8-17(16)21/h5-12,18,25H,3-4,13H2,1-2H3,(H2,22,23,27). The summed E-state index contributed by atoms with van der Waals surface area (Å²) in [5.74, 6) is -0.593. The zero-order chi connectivity index (χ0) is 19.8. The van der Waals surface area contributed by atoms with E-state index in [0.717, 1.165) is 0 Å². The molecule has 0 aliphatic carbocycles. The summed E-state index contributed by atoms with van der Waals surface area (Å²) in [6.45, 7) is 4.95. The SMILES string of the molecule is CCN(CC)C(=O)c1ccc(NC(=O)NCC(O)c2ccccc2F)cc1. The summed E-state index contributed by atoms with van der Waals surface area (Å²) in [6.07, 6.45) is -1.15. The number of benzene rings is 2. The van der Waals surface area contributed by atoms with Crippen molar-refractivity contribution in [3.8, 4) is 0 Å². The van der Waals surface area contributed by atoms with Crippen LogP contribution in [0.25, 0.3) is 0 Å². The lowest BCUT2D eigenvalue weighted by molar-refractivity contribution is 0.0773. The van der Waals surface area contributed by atoms with Crippen LogP contribution in [0.2, 0.25) is 0 Å². The number of nitrogens with zero attached hydrogens (tertiary/aromatic N) is 1. The Bertz CT molecular complexity index is 776. The van der Waals surface area contributed by atoms with Crippen molar-refractivity contribution in [1.29, 1.82) is 0 Å². The van der Waals surface area contributed by atoms with Gasteiger partial charge in [0.15, 0.2) is 0 Å². The molecule has 3 amide bonds. The smallest absolute Gasteiger partial charge is 0.319 e. The third-order valence-electron chi connectivity index (χ3n) is 4.16. The lowest BCUT2D eigenvalue weighted by Crippen LogP contribution is -2.32. The van der Waals surface area contributed by atoms with E-state index in [1.807, 2.05) is 13.8 Å². The molecule has 6 nitrogen and oxygen atoms in total. The molecule has 0 heterocycles. The van der Waals surface area contributed by atoms with Gasteiger partial charge in [-0.1, -0.05) is 18.2 Å². The number of urea groups is 1. The molecule has 0 aliphatic heterocycles. The third kappa shape index (κ3) is 5.52. The molecule has 0 saturated carbocycles. The number of rotatable bonds is 7. The number of hydrogen-bond acceptors (Lipinski definition) is 3. The fourth-order valence-corrected chi connectivity index (χ4v) is 2.61. The van der Waals surface area contributed by atoms with E-state index < -0.39 is 18.0 Å². The number of halogens is 1. The van der Waals surface area contributed by atoms with E-state index in [1.54, 1.807) is 35.2 Å². The summed E-state index contributed by atoms with van der Waals surface area (Å²) in [6, 6.07) is 11.9. The maximum Gasteiger partial charge on any atom is 0.319 e. The highest BCUT2D eigenvalue weighted by Gasteiger charge is 2.14. The molecule has 27 heavy (non-hydrogen) atoms. The zero-order valence-electron chi connectivity index (χ0n) is 15.4. The monoisotopic (exact) mass is 373 g/mol.